The van der Waals surface area contributed by atoms with Crippen LogP contribution in [0.4, 0.5) is 5.13 Å². The Morgan fingerprint density at radius 2 is 1.81 bits per heavy atom. The van der Waals surface area contributed by atoms with Gasteiger partial charge in [0.05, 0.1) is 26.7 Å². The largest absolute Gasteiger partial charge is 0.490 e. The average molecular weight is 453 g/mol. The lowest BCUT2D eigenvalue weighted by atomic mass is 10.1. The summed E-state index contributed by atoms with van der Waals surface area (Å²) in [6, 6.07) is 15.5. The first kappa shape index (κ1) is 21.8. The number of thiazole rings is 1. The molecule has 1 aliphatic rings. The first-order valence-electron chi connectivity index (χ1n) is 10.4. The van der Waals surface area contributed by atoms with E-state index < -0.39 is 5.97 Å². The lowest BCUT2D eigenvalue weighted by Crippen LogP contribution is -2.14. The molecule has 1 N–H and O–H groups in total. The minimum Gasteiger partial charge on any atom is -0.490 e. The summed E-state index contributed by atoms with van der Waals surface area (Å²) in [7, 11) is 1.32. The Morgan fingerprint density at radius 1 is 1.03 bits per heavy atom. The quantitative estimate of drug-likeness (QED) is 0.544. The molecule has 0 saturated carbocycles. The molecule has 0 fully saturated rings. The van der Waals surface area contributed by atoms with E-state index in [0.717, 1.165) is 28.8 Å². The molecule has 1 aromatic heterocycles. The van der Waals surface area contributed by atoms with Gasteiger partial charge in [-0.1, -0.05) is 36.4 Å². The van der Waals surface area contributed by atoms with Crippen LogP contribution in [0.2, 0.25) is 0 Å². The summed E-state index contributed by atoms with van der Waals surface area (Å²) in [6.07, 6.45) is 2.37. The standard InChI is InChI=1S/C24H24N2O5S/c1-29-23(28)22-20(11-9-16-6-3-2-4-7-16)32-24(26-22)25-21(27)15-17-8-10-18-19(14-17)31-13-5-12-30-18/h2-4,6-8,10,14H,5,9,11-13,15H2,1H3,(H,25,26,27). The third-order valence-corrected chi connectivity index (χ3v) is 6.01. The van der Waals surface area contributed by atoms with Crippen molar-refractivity contribution in [2.24, 2.45) is 0 Å². The highest BCUT2D eigenvalue weighted by atomic mass is 32.1. The van der Waals surface area contributed by atoms with Crippen molar-refractivity contribution < 1.29 is 23.8 Å². The number of carbonyl (C=O) groups excluding carboxylic acids is 2. The smallest absolute Gasteiger partial charge is 0.357 e. The number of nitrogens with one attached hydrogen (secondary N) is 1. The molecule has 0 unspecified atom stereocenters. The molecule has 1 aliphatic heterocycles. The van der Waals surface area contributed by atoms with Gasteiger partial charge in [0.2, 0.25) is 5.91 Å². The number of hydrogen-bond acceptors (Lipinski definition) is 7. The number of hydrogen-bond donors (Lipinski definition) is 1. The summed E-state index contributed by atoms with van der Waals surface area (Å²) < 4.78 is 16.2. The molecular weight excluding hydrogens is 428 g/mol. The molecule has 2 aromatic carbocycles. The number of benzene rings is 2. The van der Waals surface area contributed by atoms with Gasteiger partial charge < -0.3 is 19.5 Å². The number of esters is 1. The summed E-state index contributed by atoms with van der Waals surface area (Å²) in [6.45, 7) is 1.20. The Hall–Kier alpha value is -3.39. The second kappa shape index (κ2) is 10.3. The Bertz CT molecular complexity index is 1100. The number of carbonyl (C=O) groups is 2. The number of amides is 1. The van der Waals surface area contributed by atoms with E-state index in [2.05, 4.69) is 10.3 Å². The van der Waals surface area contributed by atoms with Crippen molar-refractivity contribution in [3.05, 3.63) is 70.2 Å². The third kappa shape index (κ3) is 5.45. The van der Waals surface area contributed by atoms with E-state index in [9.17, 15) is 9.59 Å². The molecule has 166 valence electrons. The lowest BCUT2D eigenvalue weighted by molar-refractivity contribution is -0.115. The number of methoxy groups -OCH3 is 1. The summed E-state index contributed by atoms with van der Waals surface area (Å²) in [5, 5.41) is 3.19. The third-order valence-electron chi connectivity index (χ3n) is 4.98. The average Bonchev–Trinajstić information content (AvgIpc) is 3.05. The van der Waals surface area contributed by atoms with Gasteiger partial charge in [-0.25, -0.2) is 9.78 Å². The van der Waals surface area contributed by atoms with Crippen LogP contribution in [0.15, 0.2) is 48.5 Å². The van der Waals surface area contributed by atoms with Crippen LogP contribution in [0.25, 0.3) is 0 Å². The van der Waals surface area contributed by atoms with E-state index in [1.54, 1.807) is 0 Å². The zero-order chi connectivity index (χ0) is 22.3. The molecule has 4 rings (SSSR count). The van der Waals surface area contributed by atoms with Gasteiger partial charge >= 0.3 is 5.97 Å². The number of nitrogens with zero attached hydrogens (tertiary/aromatic N) is 1. The summed E-state index contributed by atoms with van der Waals surface area (Å²) in [5.74, 6) is 0.613. The van der Waals surface area contributed by atoms with Crippen molar-refractivity contribution in [1.82, 2.24) is 4.98 Å². The highest BCUT2D eigenvalue weighted by Gasteiger charge is 2.20. The molecule has 2 heterocycles. The SMILES string of the molecule is COC(=O)c1nc(NC(=O)Cc2ccc3c(c2)OCCCO3)sc1CCc1ccccc1. The van der Waals surface area contributed by atoms with Crippen molar-refractivity contribution in [3.63, 3.8) is 0 Å². The van der Waals surface area contributed by atoms with Gasteiger partial charge in [-0.2, -0.15) is 0 Å². The number of ether oxygens (including phenoxy) is 3. The van der Waals surface area contributed by atoms with Crippen LogP contribution in [0.3, 0.4) is 0 Å². The predicted molar refractivity (Wildman–Crippen MR) is 122 cm³/mol. The second-order valence-corrected chi connectivity index (χ2v) is 8.41. The van der Waals surface area contributed by atoms with Crippen LogP contribution in [0, 0.1) is 0 Å². The minimum atomic E-state index is -0.507. The molecule has 8 heteroatoms. The van der Waals surface area contributed by atoms with Crippen molar-refractivity contribution in [2.45, 2.75) is 25.7 Å². The first-order chi connectivity index (χ1) is 15.6. The fourth-order valence-corrected chi connectivity index (χ4v) is 4.36. The van der Waals surface area contributed by atoms with E-state index in [1.807, 2.05) is 48.5 Å². The molecule has 3 aromatic rings. The maximum absolute atomic E-state index is 12.6. The van der Waals surface area contributed by atoms with Gasteiger partial charge in [-0.05, 0) is 36.1 Å². The van der Waals surface area contributed by atoms with Crippen LogP contribution in [-0.2, 0) is 28.8 Å². The van der Waals surface area contributed by atoms with Crippen molar-refractivity contribution >= 4 is 28.3 Å². The Kier molecular flexibility index (Phi) is 7.01. The van der Waals surface area contributed by atoms with Crippen molar-refractivity contribution in [1.29, 1.82) is 0 Å². The Balaban J connectivity index is 1.44. The number of aromatic nitrogens is 1. The monoisotopic (exact) mass is 452 g/mol. The second-order valence-electron chi connectivity index (χ2n) is 7.32. The maximum atomic E-state index is 12.6. The van der Waals surface area contributed by atoms with Crippen molar-refractivity contribution in [2.75, 3.05) is 25.6 Å². The number of anilines is 1. The Labute approximate surface area is 190 Å². The minimum absolute atomic E-state index is 0.156. The summed E-state index contributed by atoms with van der Waals surface area (Å²) in [4.78, 5) is 29.9. The molecular formula is C24H24N2O5S. The van der Waals surface area contributed by atoms with Gasteiger partial charge in [0.1, 0.15) is 0 Å². The van der Waals surface area contributed by atoms with Gasteiger partial charge in [-0.15, -0.1) is 11.3 Å². The maximum Gasteiger partial charge on any atom is 0.357 e. The fourth-order valence-electron chi connectivity index (χ4n) is 3.40. The predicted octanol–water partition coefficient (Wildman–Crippen LogP) is 4.06. The Morgan fingerprint density at radius 3 is 2.59 bits per heavy atom. The zero-order valence-electron chi connectivity index (χ0n) is 17.8. The highest BCUT2D eigenvalue weighted by Crippen LogP contribution is 2.31. The molecule has 7 nitrogen and oxygen atoms in total. The first-order valence-corrected chi connectivity index (χ1v) is 11.2. The van der Waals surface area contributed by atoms with E-state index in [-0.39, 0.29) is 18.0 Å². The van der Waals surface area contributed by atoms with Crippen molar-refractivity contribution in [3.8, 4) is 11.5 Å². The molecule has 0 spiro atoms. The van der Waals surface area contributed by atoms with Crippen LogP contribution >= 0.6 is 11.3 Å². The van der Waals surface area contributed by atoms with E-state index in [0.29, 0.717) is 36.3 Å². The lowest BCUT2D eigenvalue weighted by Gasteiger charge is -2.09. The molecule has 0 radical (unpaired) electrons. The topological polar surface area (TPSA) is 86.8 Å². The number of fused-ring (bicyclic) bond motifs is 1. The molecule has 1 amide bonds. The highest BCUT2D eigenvalue weighted by molar-refractivity contribution is 7.16. The van der Waals surface area contributed by atoms with E-state index in [1.165, 1.54) is 18.4 Å². The van der Waals surface area contributed by atoms with Gasteiger partial charge in [0.25, 0.3) is 0 Å². The zero-order valence-corrected chi connectivity index (χ0v) is 18.6. The molecule has 0 saturated heterocycles. The fraction of sp³-hybridized carbons (Fsp3) is 0.292. The molecule has 32 heavy (non-hydrogen) atoms. The normalized spacial score (nSPS) is 12.7. The molecule has 0 atom stereocenters. The van der Waals surface area contributed by atoms with Crippen LogP contribution in [0.5, 0.6) is 11.5 Å². The summed E-state index contributed by atoms with van der Waals surface area (Å²) in [5.41, 5.74) is 2.22. The van der Waals surface area contributed by atoms with Gasteiger partial charge in [0.15, 0.2) is 22.3 Å². The van der Waals surface area contributed by atoms with E-state index >= 15 is 0 Å². The number of aryl methyl sites for hydroxylation is 2. The molecule has 0 bridgehead atoms. The summed E-state index contributed by atoms with van der Waals surface area (Å²) >= 11 is 1.30. The van der Waals surface area contributed by atoms with Gasteiger partial charge in [0, 0.05) is 11.3 Å². The van der Waals surface area contributed by atoms with Crippen LogP contribution in [-0.4, -0.2) is 37.2 Å². The van der Waals surface area contributed by atoms with Gasteiger partial charge in [-0.3, -0.25) is 4.79 Å². The number of rotatable bonds is 7. The van der Waals surface area contributed by atoms with E-state index in [4.69, 9.17) is 14.2 Å². The molecule has 0 aliphatic carbocycles. The van der Waals surface area contributed by atoms with Crippen LogP contribution in [0.1, 0.15) is 32.9 Å². The van der Waals surface area contributed by atoms with Crippen LogP contribution < -0.4 is 14.8 Å².